The number of likely N-dealkylation sites (N-methyl/N-ethyl adjacent to an activating group) is 1. The molecule has 2 aromatic rings. The monoisotopic (exact) mass is 316 g/mol. The highest BCUT2D eigenvalue weighted by molar-refractivity contribution is 5.49. The van der Waals surface area contributed by atoms with E-state index in [0.29, 0.717) is 6.04 Å². The zero-order valence-corrected chi connectivity index (χ0v) is 14.0. The van der Waals surface area contributed by atoms with Crippen molar-refractivity contribution < 1.29 is 0 Å². The number of hydrogen-bond acceptors (Lipinski definition) is 7. The molecule has 1 aliphatic rings. The van der Waals surface area contributed by atoms with Gasteiger partial charge < -0.3 is 9.80 Å². The minimum Gasteiger partial charge on any atom is -0.363 e. The van der Waals surface area contributed by atoms with Crippen molar-refractivity contribution in [3.05, 3.63) is 24.8 Å². The molecule has 3 heterocycles. The predicted molar refractivity (Wildman–Crippen MR) is 89.6 cm³/mol. The van der Waals surface area contributed by atoms with Gasteiger partial charge in [-0.2, -0.15) is 15.0 Å². The minimum atomic E-state index is 0.477. The van der Waals surface area contributed by atoms with Crippen LogP contribution in [-0.4, -0.2) is 76.7 Å². The summed E-state index contributed by atoms with van der Waals surface area (Å²) >= 11 is 0. The summed E-state index contributed by atoms with van der Waals surface area (Å²) in [7, 11) is 6.10. The van der Waals surface area contributed by atoms with Gasteiger partial charge in [0, 0.05) is 52.9 Å². The molecular weight excluding hydrogens is 292 g/mol. The van der Waals surface area contributed by atoms with Crippen LogP contribution in [0.3, 0.4) is 0 Å². The number of likely N-dealkylation sites (tertiary alicyclic amines) is 1. The van der Waals surface area contributed by atoms with Crippen LogP contribution in [-0.2, 0) is 6.54 Å². The molecule has 124 valence electrons. The summed E-state index contributed by atoms with van der Waals surface area (Å²) in [6, 6.07) is 2.52. The molecule has 0 spiro atoms. The van der Waals surface area contributed by atoms with E-state index in [-0.39, 0.29) is 0 Å². The van der Waals surface area contributed by atoms with Crippen molar-refractivity contribution in [2.75, 3.05) is 50.6 Å². The van der Waals surface area contributed by atoms with Crippen molar-refractivity contribution >= 4 is 11.6 Å². The second-order valence-electron chi connectivity index (χ2n) is 6.11. The summed E-state index contributed by atoms with van der Waals surface area (Å²) in [5.74, 6) is 1.91. The smallest absolute Gasteiger partial charge is 0.134 e. The van der Waals surface area contributed by atoms with E-state index < -0.39 is 0 Å². The number of anilines is 2. The van der Waals surface area contributed by atoms with Gasteiger partial charge in [-0.3, -0.25) is 4.90 Å². The Kier molecular flexibility index (Phi) is 4.71. The van der Waals surface area contributed by atoms with Crippen molar-refractivity contribution in [1.29, 1.82) is 0 Å². The lowest BCUT2D eigenvalue weighted by Crippen LogP contribution is -2.36. The Balaban J connectivity index is 1.56. The molecule has 0 N–H and O–H groups in total. The maximum absolute atomic E-state index is 4.42. The van der Waals surface area contributed by atoms with E-state index in [1.165, 1.54) is 0 Å². The van der Waals surface area contributed by atoms with Gasteiger partial charge in [0.1, 0.15) is 18.0 Å². The largest absolute Gasteiger partial charge is 0.363 e. The van der Waals surface area contributed by atoms with E-state index in [1.807, 2.05) is 25.1 Å². The Labute approximate surface area is 136 Å². The van der Waals surface area contributed by atoms with Gasteiger partial charge in [-0.25, -0.2) is 9.97 Å². The van der Waals surface area contributed by atoms with Gasteiger partial charge in [-0.1, -0.05) is 0 Å². The summed E-state index contributed by atoms with van der Waals surface area (Å²) in [6.07, 6.45) is 6.22. The van der Waals surface area contributed by atoms with Gasteiger partial charge >= 0.3 is 0 Å². The Bertz CT molecular complexity index is 612. The Morgan fingerprint density at radius 3 is 2.57 bits per heavy atom. The van der Waals surface area contributed by atoms with Gasteiger partial charge in [-0.05, 0) is 6.42 Å². The normalized spacial score (nSPS) is 18.3. The first-order chi connectivity index (χ1) is 11.1. The average Bonchev–Trinajstić information content (AvgIpc) is 3.24. The van der Waals surface area contributed by atoms with Crippen LogP contribution in [0.25, 0.3) is 0 Å². The summed E-state index contributed by atoms with van der Waals surface area (Å²) in [5.41, 5.74) is 0. The maximum Gasteiger partial charge on any atom is 0.134 e. The van der Waals surface area contributed by atoms with E-state index in [1.54, 1.807) is 23.5 Å². The van der Waals surface area contributed by atoms with Crippen LogP contribution < -0.4 is 9.80 Å². The van der Waals surface area contributed by atoms with Gasteiger partial charge in [0.05, 0.1) is 18.9 Å². The Morgan fingerprint density at radius 2 is 1.83 bits per heavy atom. The first-order valence-electron chi connectivity index (χ1n) is 7.92. The van der Waals surface area contributed by atoms with E-state index in [2.05, 4.69) is 37.0 Å². The molecule has 0 bridgehead atoms. The topological polar surface area (TPSA) is 66.2 Å². The number of hydrogen-bond donors (Lipinski definition) is 0. The van der Waals surface area contributed by atoms with Crippen LogP contribution in [0.4, 0.5) is 11.6 Å². The van der Waals surface area contributed by atoms with Gasteiger partial charge in [0.25, 0.3) is 0 Å². The zero-order valence-electron chi connectivity index (χ0n) is 14.0. The fourth-order valence-corrected chi connectivity index (χ4v) is 2.88. The van der Waals surface area contributed by atoms with Crippen LogP contribution in [0.1, 0.15) is 6.42 Å². The second kappa shape index (κ2) is 6.91. The van der Waals surface area contributed by atoms with E-state index >= 15 is 0 Å². The zero-order chi connectivity index (χ0) is 16.2. The minimum absolute atomic E-state index is 0.477. The summed E-state index contributed by atoms with van der Waals surface area (Å²) in [6.45, 7) is 3.95. The predicted octanol–water partition coefficient (Wildman–Crippen LogP) is 0.345. The molecule has 0 aliphatic carbocycles. The van der Waals surface area contributed by atoms with Crippen molar-refractivity contribution in [2.24, 2.45) is 0 Å². The van der Waals surface area contributed by atoms with Crippen LogP contribution in [0, 0.1) is 0 Å². The van der Waals surface area contributed by atoms with Gasteiger partial charge in [-0.15, -0.1) is 0 Å². The molecule has 1 aliphatic heterocycles. The van der Waals surface area contributed by atoms with Crippen molar-refractivity contribution in [2.45, 2.75) is 19.0 Å². The second-order valence-corrected chi connectivity index (χ2v) is 6.11. The summed E-state index contributed by atoms with van der Waals surface area (Å²) in [5, 5.41) is 8.30. The molecule has 0 radical (unpaired) electrons. The third-order valence-electron chi connectivity index (χ3n) is 4.34. The van der Waals surface area contributed by atoms with Crippen molar-refractivity contribution in [3.8, 4) is 0 Å². The van der Waals surface area contributed by atoms with E-state index in [4.69, 9.17) is 0 Å². The molecule has 1 saturated heterocycles. The highest BCUT2D eigenvalue weighted by Gasteiger charge is 2.26. The highest BCUT2D eigenvalue weighted by Crippen LogP contribution is 2.21. The fourth-order valence-electron chi connectivity index (χ4n) is 2.88. The molecule has 3 rings (SSSR count). The lowest BCUT2D eigenvalue weighted by atomic mass is 10.2. The lowest BCUT2D eigenvalue weighted by molar-refractivity contribution is 0.302. The standard InChI is InChI=1S/C15H24N8/c1-20(2)14-10-15(17-12-16-14)21(3)13-4-7-22(11-13)8-9-23-18-5-6-19-23/h5-6,10,12-13H,4,7-9,11H2,1-3H3. The number of aromatic nitrogens is 5. The number of nitrogens with zero attached hydrogens (tertiary/aromatic N) is 8. The summed E-state index contributed by atoms with van der Waals surface area (Å²) < 4.78 is 0. The fraction of sp³-hybridized carbons (Fsp3) is 0.600. The molecule has 1 fully saturated rings. The average molecular weight is 316 g/mol. The molecule has 1 unspecified atom stereocenters. The highest BCUT2D eigenvalue weighted by atomic mass is 15.5. The third-order valence-corrected chi connectivity index (χ3v) is 4.34. The maximum atomic E-state index is 4.42. The van der Waals surface area contributed by atoms with Gasteiger partial charge in [0.2, 0.25) is 0 Å². The Morgan fingerprint density at radius 1 is 1.09 bits per heavy atom. The molecule has 1 atom stereocenters. The van der Waals surface area contributed by atoms with Crippen molar-refractivity contribution in [1.82, 2.24) is 29.9 Å². The molecule has 0 saturated carbocycles. The van der Waals surface area contributed by atoms with E-state index in [0.717, 1.165) is 44.2 Å². The molecule has 8 nitrogen and oxygen atoms in total. The molecule has 0 amide bonds. The van der Waals surface area contributed by atoms with Crippen LogP contribution in [0.5, 0.6) is 0 Å². The molecule has 8 heteroatoms. The van der Waals surface area contributed by atoms with Crippen LogP contribution in [0.2, 0.25) is 0 Å². The quantitative estimate of drug-likeness (QED) is 0.761. The Hall–Kier alpha value is -2.22. The van der Waals surface area contributed by atoms with Crippen LogP contribution >= 0.6 is 0 Å². The third kappa shape index (κ3) is 3.76. The first-order valence-corrected chi connectivity index (χ1v) is 7.92. The molecular formula is C15H24N8. The van der Waals surface area contributed by atoms with Gasteiger partial charge in [0.15, 0.2) is 0 Å². The SMILES string of the molecule is CN(C)c1cc(N(C)C2CCN(CCn3nccn3)C2)ncn1. The molecule has 0 aromatic carbocycles. The summed E-state index contributed by atoms with van der Waals surface area (Å²) in [4.78, 5) is 17.2. The first kappa shape index (κ1) is 15.7. The number of rotatable bonds is 6. The van der Waals surface area contributed by atoms with Crippen LogP contribution in [0.15, 0.2) is 24.8 Å². The molecule has 2 aromatic heterocycles. The lowest BCUT2D eigenvalue weighted by Gasteiger charge is -2.26. The van der Waals surface area contributed by atoms with Crippen molar-refractivity contribution in [3.63, 3.8) is 0 Å². The molecule has 23 heavy (non-hydrogen) atoms. The van der Waals surface area contributed by atoms with E-state index in [9.17, 15) is 0 Å².